The molecule has 176 valence electrons. The Morgan fingerprint density at radius 3 is 2.45 bits per heavy atom. The van der Waals surface area contributed by atoms with Gasteiger partial charge in [0, 0.05) is 54.9 Å². The lowest BCUT2D eigenvalue weighted by Crippen LogP contribution is -2.30. The minimum absolute atomic E-state index is 0.0528. The molecule has 1 aromatic heterocycles. The number of fused-ring (bicyclic) bond motifs is 1. The third-order valence-corrected chi connectivity index (χ3v) is 7.67. The molecule has 0 unspecified atom stereocenters. The monoisotopic (exact) mass is 488 g/mol. The lowest BCUT2D eigenvalue weighted by molar-refractivity contribution is -0.120. The molecule has 1 amide bonds. The Kier molecular flexibility index (Phi) is 8.66. The van der Waals surface area contributed by atoms with Crippen LogP contribution in [0.5, 0.6) is 0 Å². The van der Waals surface area contributed by atoms with E-state index in [9.17, 15) is 13.2 Å². The molecule has 1 heterocycles. The van der Waals surface area contributed by atoms with E-state index in [0.29, 0.717) is 44.0 Å². The Labute approximate surface area is 200 Å². The molecule has 2 N–H and O–H groups in total. The summed E-state index contributed by atoms with van der Waals surface area (Å²) in [5.41, 5.74) is 2.67. The normalized spacial score (nSPS) is 11.6. The second kappa shape index (κ2) is 11.4. The summed E-state index contributed by atoms with van der Waals surface area (Å²) in [7, 11) is -3.47. The van der Waals surface area contributed by atoms with Crippen molar-refractivity contribution in [2.75, 3.05) is 31.5 Å². The number of pyridine rings is 1. The Hall–Kier alpha value is -2.68. The van der Waals surface area contributed by atoms with Crippen LogP contribution in [0.15, 0.2) is 59.6 Å². The van der Waals surface area contributed by atoms with Gasteiger partial charge in [0.15, 0.2) is 0 Å². The number of rotatable bonds is 11. The number of anilines is 1. The molecule has 0 fully saturated rings. The van der Waals surface area contributed by atoms with Crippen molar-refractivity contribution in [1.82, 2.24) is 14.6 Å². The molecule has 2 aromatic carbocycles. The van der Waals surface area contributed by atoms with Gasteiger partial charge < -0.3 is 10.6 Å². The number of hydrogen-bond acceptors (Lipinski definition) is 5. The van der Waals surface area contributed by atoms with Crippen LogP contribution in [-0.2, 0) is 21.2 Å². The quantitative estimate of drug-likeness (QED) is 0.397. The third-order valence-electron chi connectivity index (χ3n) is 5.37. The second-order valence-electron chi connectivity index (χ2n) is 7.53. The number of hydrogen-bond donors (Lipinski definition) is 2. The third kappa shape index (κ3) is 6.43. The summed E-state index contributed by atoms with van der Waals surface area (Å²) in [5, 5.41) is 7.83. The van der Waals surface area contributed by atoms with E-state index in [1.807, 2.05) is 38.1 Å². The minimum Gasteiger partial charge on any atom is -0.383 e. The van der Waals surface area contributed by atoms with Gasteiger partial charge in [-0.15, -0.1) is 0 Å². The Bertz CT molecular complexity index is 1200. The van der Waals surface area contributed by atoms with Gasteiger partial charge in [0.1, 0.15) is 0 Å². The molecule has 0 spiro atoms. The zero-order chi connectivity index (χ0) is 23.8. The number of carbonyl (C=O) groups is 1. The number of nitrogens with zero attached hydrogens (tertiary/aromatic N) is 2. The molecule has 0 saturated heterocycles. The van der Waals surface area contributed by atoms with Gasteiger partial charge in [-0.25, -0.2) is 8.42 Å². The van der Waals surface area contributed by atoms with Crippen LogP contribution in [0.3, 0.4) is 0 Å². The van der Waals surface area contributed by atoms with Crippen molar-refractivity contribution in [3.63, 3.8) is 0 Å². The molecule has 0 atom stereocenters. The topological polar surface area (TPSA) is 91.4 Å². The molecular weight excluding hydrogens is 460 g/mol. The fourth-order valence-electron chi connectivity index (χ4n) is 3.56. The van der Waals surface area contributed by atoms with E-state index in [1.54, 1.807) is 30.5 Å². The highest BCUT2D eigenvalue weighted by Crippen LogP contribution is 2.24. The molecule has 9 heteroatoms. The highest BCUT2D eigenvalue weighted by atomic mass is 35.5. The Balaban J connectivity index is 1.45. The van der Waals surface area contributed by atoms with Gasteiger partial charge in [-0.1, -0.05) is 37.6 Å². The van der Waals surface area contributed by atoms with Crippen molar-refractivity contribution in [3.8, 4) is 0 Å². The predicted molar refractivity (Wildman–Crippen MR) is 133 cm³/mol. The second-order valence-corrected chi connectivity index (χ2v) is 9.90. The first-order valence-corrected chi connectivity index (χ1v) is 12.8. The van der Waals surface area contributed by atoms with Crippen molar-refractivity contribution in [3.05, 3.63) is 65.3 Å². The van der Waals surface area contributed by atoms with Crippen molar-refractivity contribution >= 4 is 44.1 Å². The van der Waals surface area contributed by atoms with Gasteiger partial charge in [0.25, 0.3) is 0 Å². The summed E-state index contributed by atoms with van der Waals surface area (Å²) in [5.74, 6) is -0.0528. The maximum Gasteiger partial charge on any atom is 0.243 e. The summed E-state index contributed by atoms with van der Waals surface area (Å²) in [6.07, 6.45) is 2.59. The smallest absolute Gasteiger partial charge is 0.243 e. The van der Waals surface area contributed by atoms with E-state index in [-0.39, 0.29) is 10.8 Å². The number of aryl methyl sites for hydroxylation is 1. The van der Waals surface area contributed by atoms with Gasteiger partial charge in [-0.3, -0.25) is 9.78 Å². The molecule has 0 saturated carbocycles. The van der Waals surface area contributed by atoms with E-state index >= 15 is 0 Å². The van der Waals surface area contributed by atoms with E-state index in [0.717, 1.165) is 22.2 Å². The Morgan fingerprint density at radius 1 is 1.03 bits per heavy atom. The van der Waals surface area contributed by atoms with Gasteiger partial charge in [-0.05, 0) is 48.4 Å². The number of carbonyl (C=O) groups excluding carboxylic acids is 1. The number of sulfonamides is 1. The van der Waals surface area contributed by atoms with Crippen molar-refractivity contribution < 1.29 is 13.2 Å². The average molecular weight is 489 g/mol. The summed E-state index contributed by atoms with van der Waals surface area (Å²) < 4.78 is 26.5. The molecule has 7 nitrogen and oxygen atoms in total. The summed E-state index contributed by atoms with van der Waals surface area (Å²) in [4.78, 5) is 16.8. The first-order chi connectivity index (χ1) is 15.8. The standard InChI is InChI=1S/C24H29ClN4O3S/c1-3-29(4-2)33(31,32)20-9-5-18(6-10-20)7-12-24(30)28-16-15-27-22-13-14-26-23-17-19(25)8-11-21(22)23/h5-6,8-11,13-14,17H,3-4,7,12,15-16H2,1-2H3,(H,26,27)(H,28,30). The lowest BCUT2D eigenvalue weighted by atomic mass is 10.1. The van der Waals surface area contributed by atoms with E-state index in [2.05, 4.69) is 15.6 Å². The van der Waals surface area contributed by atoms with E-state index in [1.165, 1.54) is 4.31 Å². The molecule has 3 rings (SSSR count). The van der Waals surface area contributed by atoms with E-state index < -0.39 is 10.0 Å². The molecule has 33 heavy (non-hydrogen) atoms. The van der Waals surface area contributed by atoms with Crippen LogP contribution >= 0.6 is 11.6 Å². The van der Waals surface area contributed by atoms with Crippen LogP contribution in [0.25, 0.3) is 10.9 Å². The lowest BCUT2D eigenvalue weighted by Gasteiger charge is -2.18. The van der Waals surface area contributed by atoms with Crippen molar-refractivity contribution in [2.24, 2.45) is 0 Å². The van der Waals surface area contributed by atoms with Crippen LogP contribution in [0.1, 0.15) is 25.8 Å². The fourth-order valence-corrected chi connectivity index (χ4v) is 5.19. The predicted octanol–water partition coefficient (Wildman–Crippen LogP) is 4.08. The summed E-state index contributed by atoms with van der Waals surface area (Å²) in [6.45, 7) is 5.56. The van der Waals surface area contributed by atoms with Crippen LogP contribution < -0.4 is 10.6 Å². The van der Waals surface area contributed by atoms with Gasteiger partial charge >= 0.3 is 0 Å². The van der Waals surface area contributed by atoms with Gasteiger partial charge in [0.05, 0.1) is 10.4 Å². The summed E-state index contributed by atoms with van der Waals surface area (Å²) >= 11 is 6.02. The first kappa shape index (κ1) is 25.0. The number of halogens is 1. The molecule has 0 aliphatic rings. The number of aromatic nitrogens is 1. The SMILES string of the molecule is CCN(CC)S(=O)(=O)c1ccc(CCC(=O)NCCNc2ccnc3cc(Cl)ccc23)cc1. The molecular formula is C24H29ClN4O3S. The van der Waals surface area contributed by atoms with Gasteiger partial charge in [0.2, 0.25) is 15.9 Å². The van der Waals surface area contributed by atoms with Crippen LogP contribution in [-0.4, -0.2) is 49.8 Å². The zero-order valence-corrected chi connectivity index (χ0v) is 20.4. The van der Waals surface area contributed by atoms with Crippen molar-refractivity contribution in [1.29, 1.82) is 0 Å². The highest BCUT2D eigenvalue weighted by Gasteiger charge is 2.21. The Morgan fingerprint density at radius 2 is 1.76 bits per heavy atom. The van der Waals surface area contributed by atoms with Gasteiger partial charge in [-0.2, -0.15) is 4.31 Å². The largest absolute Gasteiger partial charge is 0.383 e. The average Bonchev–Trinajstić information content (AvgIpc) is 2.81. The molecule has 0 bridgehead atoms. The van der Waals surface area contributed by atoms with Crippen LogP contribution in [0.4, 0.5) is 5.69 Å². The fraction of sp³-hybridized carbons (Fsp3) is 0.333. The van der Waals surface area contributed by atoms with Crippen LogP contribution in [0.2, 0.25) is 5.02 Å². The maximum atomic E-state index is 12.6. The van der Waals surface area contributed by atoms with Crippen LogP contribution in [0, 0.1) is 0 Å². The minimum atomic E-state index is -3.47. The number of nitrogens with one attached hydrogen (secondary N) is 2. The molecule has 0 radical (unpaired) electrons. The molecule has 0 aliphatic carbocycles. The maximum absolute atomic E-state index is 12.6. The highest BCUT2D eigenvalue weighted by molar-refractivity contribution is 7.89. The molecule has 0 aliphatic heterocycles. The first-order valence-electron chi connectivity index (χ1n) is 11.0. The summed E-state index contributed by atoms with van der Waals surface area (Å²) in [6, 6.07) is 14.2. The zero-order valence-electron chi connectivity index (χ0n) is 18.8. The molecule has 3 aromatic rings. The number of amides is 1. The van der Waals surface area contributed by atoms with E-state index in [4.69, 9.17) is 11.6 Å². The van der Waals surface area contributed by atoms with Crippen molar-refractivity contribution in [2.45, 2.75) is 31.6 Å². The number of benzene rings is 2.